The number of hydrogen-bond acceptors (Lipinski definition) is 6. The second-order valence-electron chi connectivity index (χ2n) is 4.13. The van der Waals surface area contributed by atoms with Crippen molar-refractivity contribution in [2.45, 2.75) is 0 Å². The molecule has 0 aliphatic rings. The van der Waals surface area contributed by atoms with Crippen molar-refractivity contribution in [3.63, 3.8) is 0 Å². The summed E-state index contributed by atoms with van der Waals surface area (Å²) >= 11 is 1.24. The molecule has 21 heavy (non-hydrogen) atoms. The minimum atomic E-state index is -1.04. The fourth-order valence-corrected chi connectivity index (χ4v) is 2.65. The van der Waals surface area contributed by atoms with E-state index >= 15 is 0 Å². The van der Waals surface area contributed by atoms with E-state index in [-0.39, 0.29) is 5.56 Å². The number of carboxylic acids is 1. The molecule has 3 rings (SSSR count). The molecule has 2 aromatic heterocycles. The van der Waals surface area contributed by atoms with E-state index in [1.165, 1.54) is 22.2 Å². The summed E-state index contributed by atoms with van der Waals surface area (Å²) in [6.07, 6.45) is 3.02. The van der Waals surface area contributed by atoms with Gasteiger partial charge in [-0.3, -0.25) is 4.79 Å². The highest BCUT2D eigenvalue weighted by Gasteiger charge is 2.05. The summed E-state index contributed by atoms with van der Waals surface area (Å²) in [5.74, 6) is -0.616. The number of aromatic nitrogens is 3. The van der Waals surface area contributed by atoms with Gasteiger partial charge in [0.2, 0.25) is 4.96 Å². The van der Waals surface area contributed by atoms with E-state index in [9.17, 15) is 9.59 Å². The van der Waals surface area contributed by atoms with Crippen molar-refractivity contribution in [2.24, 2.45) is 0 Å². The molecule has 0 aliphatic heterocycles. The van der Waals surface area contributed by atoms with Crippen LogP contribution >= 0.6 is 11.3 Å². The van der Waals surface area contributed by atoms with E-state index in [0.717, 1.165) is 5.56 Å². The number of fused-ring (bicyclic) bond motifs is 1. The van der Waals surface area contributed by atoms with E-state index < -0.39 is 12.6 Å². The highest BCUT2D eigenvalue weighted by molar-refractivity contribution is 7.15. The smallest absolute Gasteiger partial charge is 0.341 e. The third-order valence-electron chi connectivity index (χ3n) is 2.64. The minimum absolute atomic E-state index is 0.232. The first-order valence-corrected chi connectivity index (χ1v) is 6.74. The number of ether oxygens (including phenoxy) is 1. The van der Waals surface area contributed by atoms with Gasteiger partial charge in [0.05, 0.1) is 4.53 Å². The van der Waals surface area contributed by atoms with Crippen LogP contribution < -0.4 is 14.8 Å². The molecule has 0 aliphatic carbocycles. The van der Waals surface area contributed by atoms with Crippen LogP contribution in [-0.2, 0) is 4.79 Å². The summed E-state index contributed by atoms with van der Waals surface area (Å²) in [5.41, 5.74) is 0.504. The lowest BCUT2D eigenvalue weighted by atomic mass is 10.2. The van der Waals surface area contributed by atoms with Gasteiger partial charge in [0.15, 0.2) is 6.61 Å². The molecule has 0 atom stereocenters. The molecule has 0 unspecified atom stereocenters. The molecule has 1 aromatic carbocycles. The van der Waals surface area contributed by atoms with Crippen LogP contribution in [0.5, 0.6) is 5.75 Å². The molecule has 2 heterocycles. The molecular weight excluding hydrogens is 294 g/mol. The SMILES string of the molecule is O=C(O)COc1cccc(/C=c2\sc3ncnn3c2=O)c1. The Labute approximate surface area is 121 Å². The summed E-state index contributed by atoms with van der Waals surface area (Å²) in [5, 5.41) is 12.4. The number of aliphatic carboxylic acids is 1. The fourth-order valence-electron chi connectivity index (χ4n) is 1.77. The van der Waals surface area contributed by atoms with E-state index in [1.54, 1.807) is 30.3 Å². The van der Waals surface area contributed by atoms with E-state index in [2.05, 4.69) is 10.1 Å². The van der Waals surface area contributed by atoms with E-state index in [0.29, 0.717) is 15.2 Å². The van der Waals surface area contributed by atoms with Gasteiger partial charge in [-0.15, -0.1) is 0 Å². The number of nitrogens with zero attached hydrogens (tertiary/aromatic N) is 3. The first-order chi connectivity index (χ1) is 10.1. The number of rotatable bonds is 4. The summed E-state index contributed by atoms with van der Waals surface area (Å²) in [6, 6.07) is 6.84. The van der Waals surface area contributed by atoms with E-state index in [4.69, 9.17) is 9.84 Å². The van der Waals surface area contributed by atoms with Crippen LogP contribution in [0.15, 0.2) is 35.4 Å². The second-order valence-corrected chi connectivity index (χ2v) is 5.13. The number of carboxylic acid groups (broad SMARTS) is 1. The van der Waals surface area contributed by atoms with Crippen LogP contribution in [-0.4, -0.2) is 32.3 Å². The zero-order valence-electron chi connectivity index (χ0n) is 10.6. The van der Waals surface area contributed by atoms with Gasteiger partial charge < -0.3 is 9.84 Å². The van der Waals surface area contributed by atoms with Crippen molar-refractivity contribution in [3.8, 4) is 5.75 Å². The largest absolute Gasteiger partial charge is 0.482 e. The first-order valence-electron chi connectivity index (χ1n) is 5.92. The molecule has 0 bridgehead atoms. The highest BCUT2D eigenvalue weighted by atomic mass is 32.1. The summed E-state index contributed by atoms with van der Waals surface area (Å²) in [4.78, 5) is 27.0. The molecular formula is C13H9N3O4S. The van der Waals surface area contributed by atoms with Crippen LogP contribution in [0.4, 0.5) is 0 Å². The maximum Gasteiger partial charge on any atom is 0.341 e. The van der Waals surface area contributed by atoms with Gasteiger partial charge in [-0.05, 0) is 23.8 Å². The Balaban J connectivity index is 1.97. The van der Waals surface area contributed by atoms with Crippen molar-refractivity contribution in [1.82, 2.24) is 14.6 Å². The van der Waals surface area contributed by atoms with Crippen LogP contribution in [0, 0.1) is 0 Å². The molecule has 7 nitrogen and oxygen atoms in total. The Kier molecular flexibility index (Phi) is 3.36. The lowest BCUT2D eigenvalue weighted by Gasteiger charge is -2.03. The molecule has 0 amide bonds. The van der Waals surface area contributed by atoms with Gasteiger partial charge >= 0.3 is 5.97 Å². The highest BCUT2D eigenvalue weighted by Crippen LogP contribution is 2.13. The van der Waals surface area contributed by atoms with Crippen LogP contribution in [0.3, 0.4) is 0 Å². The third-order valence-corrected chi connectivity index (χ3v) is 3.61. The van der Waals surface area contributed by atoms with Gasteiger partial charge in [0.25, 0.3) is 5.56 Å². The molecule has 0 spiro atoms. The Morgan fingerprint density at radius 3 is 3.10 bits per heavy atom. The number of carbonyl (C=O) groups is 1. The predicted molar refractivity (Wildman–Crippen MR) is 75.5 cm³/mol. The quantitative estimate of drug-likeness (QED) is 0.738. The molecule has 106 valence electrons. The predicted octanol–water partition coefficient (Wildman–Crippen LogP) is 0.162. The van der Waals surface area contributed by atoms with Crippen molar-refractivity contribution in [3.05, 3.63) is 51.0 Å². The maximum absolute atomic E-state index is 12.0. The fraction of sp³-hybridized carbons (Fsp3) is 0.0769. The van der Waals surface area contributed by atoms with Gasteiger partial charge in [-0.2, -0.15) is 9.61 Å². The monoisotopic (exact) mass is 303 g/mol. The zero-order chi connectivity index (χ0) is 14.8. The lowest BCUT2D eigenvalue weighted by molar-refractivity contribution is -0.139. The maximum atomic E-state index is 12.0. The van der Waals surface area contributed by atoms with Crippen molar-refractivity contribution < 1.29 is 14.6 Å². The third kappa shape index (κ3) is 2.75. The minimum Gasteiger partial charge on any atom is -0.482 e. The first kappa shape index (κ1) is 13.3. The average molecular weight is 303 g/mol. The van der Waals surface area contributed by atoms with Crippen LogP contribution in [0.1, 0.15) is 5.56 Å². The molecule has 1 N–H and O–H groups in total. The van der Waals surface area contributed by atoms with Crippen LogP contribution in [0.2, 0.25) is 0 Å². The number of benzene rings is 1. The van der Waals surface area contributed by atoms with Crippen molar-refractivity contribution in [1.29, 1.82) is 0 Å². The van der Waals surface area contributed by atoms with Gasteiger partial charge in [0.1, 0.15) is 12.1 Å². The Hall–Kier alpha value is -2.74. The summed E-state index contributed by atoms with van der Waals surface area (Å²) in [7, 11) is 0. The van der Waals surface area contributed by atoms with Crippen molar-refractivity contribution in [2.75, 3.05) is 6.61 Å². The van der Waals surface area contributed by atoms with Crippen molar-refractivity contribution >= 4 is 28.3 Å². The van der Waals surface area contributed by atoms with Gasteiger partial charge in [-0.1, -0.05) is 23.5 Å². The Morgan fingerprint density at radius 1 is 1.48 bits per heavy atom. The standard InChI is InChI=1S/C13H9N3O4S/c17-11(18)6-20-9-3-1-2-8(4-9)5-10-12(19)16-13(21-10)14-7-15-16/h1-5,7H,6H2,(H,17,18)/b10-5-. The molecule has 0 saturated carbocycles. The molecule has 3 aromatic rings. The Bertz CT molecular complexity index is 915. The number of thiazole rings is 1. The Morgan fingerprint density at radius 2 is 2.33 bits per heavy atom. The molecule has 0 fully saturated rings. The molecule has 8 heteroatoms. The molecule has 0 radical (unpaired) electrons. The normalized spacial score (nSPS) is 11.9. The van der Waals surface area contributed by atoms with Crippen LogP contribution in [0.25, 0.3) is 11.0 Å². The summed E-state index contributed by atoms with van der Waals surface area (Å²) in [6.45, 7) is -0.410. The van der Waals surface area contributed by atoms with Gasteiger partial charge in [0, 0.05) is 0 Å². The van der Waals surface area contributed by atoms with E-state index in [1.807, 2.05) is 0 Å². The zero-order valence-corrected chi connectivity index (χ0v) is 11.4. The molecule has 0 saturated heterocycles. The average Bonchev–Trinajstić information content (AvgIpc) is 3.02. The summed E-state index contributed by atoms with van der Waals surface area (Å²) < 4.78 is 6.83. The van der Waals surface area contributed by atoms with Gasteiger partial charge in [-0.25, -0.2) is 9.78 Å². The topological polar surface area (TPSA) is 93.8 Å². The lowest BCUT2D eigenvalue weighted by Crippen LogP contribution is -2.23. The number of hydrogen-bond donors (Lipinski definition) is 1. The second kappa shape index (κ2) is 5.33.